The lowest BCUT2D eigenvalue weighted by Gasteiger charge is -2.26. The summed E-state index contributed by atoms with van der Waals surface area (Å²) in [5.74, 6) is 1.75. The van der Waals surface area contributed by atoms with E-state index in [0.29, 0.717) is 5.56 Å². The Kier molecular flexibility index (Phi) is 20.3. The molecular weight excluding hydrogens is 949 g/mol. The number of thioether (sulfide) groups is 2. The molecule has 0 aliphatic rings. The van der Waals surface area contributed by atoms with Crippen LogP contribution < -0.4 is 0 Å². The van der Waals surface area contributed by atoms with Crippen molar-refractivity contribution in [2.45, 2.75) is 194 Å². The molecule has 0 aromatic heterocycles. The SMILES string of the molecule is CC(C)(C)c1cc(CBr)cc(C(C)(C)C)c1.CC(C)(C)c1cc(CSc2cc(C=O)cc(SCc3cc(C(C)(C)C)cc(C(C)(C)C)c3)c2)cc(C(C)(C)C)c1.O=Cc1cc(S)cc(S)c1. The van der Waals surface area contributed by atoms with Crippen LogP contribution in [0.1, 0.15) is 195 Å². The highest BCUT2D eigenvalue weighted by atomic mass is 79.9. The van der Waals surface area contributed by atoms with Crippen molar-refractivity contribution < 1.29 is 9.59 Å². The predicted octanol–water partition coefficient (Wildman–Crippen LogP) is 18.5. The molecule has 0 saturated heterocycles. The molecule has 7 heteroatoms. The molecule has 66 heavy (non-hydrogen) atoms. The van der Waals surface area contributed by atoms with Crippen molar-refractivity contribution in [3.8, 4) is 0 Å². The van der Waals surface area contributed by atoms with Crippen LogP contribution in [0.15, 0.2) is 111 Å². The largest absolute Gasteiger partial charge is 0.298 e. The van der Waals surface area contributed by atoms with E-state index in [2.05, 4.69) is 226 Å². The number of thiol groups is 2. The first kappa shape index (κ1) is 57.6. The Labute approximate surface area is 429 Å². The second-order valence-electron chi connectivity index (χ2n) is 23.7. The van der Waals surface area contributed by atoms with E-state index in [0.717, 1.165) is 54.6 Å². The minimum atomic E-state index is 0.0963. The second kappa shape index (κ2) is 23.3. The number of rotatable bonds is 9. The summed E-state index contributed by atoms with van der Waals surface area (Å²) < 4.78 is 0. The molecule has 5 aromatic carbocycles. The van der Waals surface area contributed by atoms with Gasteiger partial charge < -0.3 is 0 Å². The number of halogens is 1. The smallest absolute Gasteiger partial charge is 0.150 e. The Morgan fingerprint density at radius 1 is 0.379 bits per heavy atom. The summed E-state index contributed by atoms with van der Waals surface area (Å²) in [6, 6.07) is 32.6. The molecule has 2 nitrogen and oxygen atoms in total. The van der Waals surface area contributed by atoms with Gasteiger partial charge in [-0.15, -0.1) is 48.8 Å². The molecule has 0 saturated carbocycles. The summed E-state index contributed by atoms with van der Waals surface area (Å²) in [6.07, 6.45) is 1.75. The maximum absolute atomic E-state index is 11.9. The molecule has 0 radical (unpaired) electrons. The van der Waals surface area contributed by atoms with Gasteiger partial charge >= 0.3 is 0 Å². The van der Waals surface area contributed by atoms with Gasteiger partial charge in [0.05, 0.1) is 0 Å². The van der Waals surface area contributed by atoms with E-state index in [1.807, 2.05) is 35.7 Å². The zero-order chi connectivity index (χ0) is 50.2. The summed E-state index contributed by atoms with van der Waals surface area (Å²) in [5.41, 5.74) is 14.6. The molecular formula is C59H79BrO2S4. The van der Waals surface area contributed by atoms with Gasteiger partial charge in [-0.05, 0) is 119 Å². The molecule has 0 aliphatic carbocycles. The van der Waals surface area contributed by atoms with Crippen LogP contribution in [0.5, 0.6) is 0 Å². The van der Waals surface area contributed by atoms with E-state index in [1.54, 1.807) is 18.2 Å². The van der Waals surface area contributed by atoms with Gasteiger partial charge in [0.1, 0.15) is 12.6 Å². The molecule has 0 aliphatic heterocycles. The minimum absolute atomic E-state index is 0.0963. The van der Waals surface area contributed by atoms with Crippen molar-refractivity contribution in [2.24, 2.45) is 0 Å². The number of hydrogen-bond donors (Lipinski definition) is 2. The van der Waals surface area contributed by atoms with E-state index in [1.165, 1.54) is 50.1 Å². The highest BCUT2D eigenvalue weighted by Crippen LogP contribution is 2.37. The third-order valence-electron chi connectivity index (χ3n) is 11.2. The predicted molar refractivity (Wildman–Crippen MR) is 301 cm³/mol. The monoisotopic (exact) mass is 1030 g/mol. The van der Waals surface area contributed by atoms with Crippen LogP contribution in [0.3, 0.4) is 0 Å². The topological polar surface area (TPSA) is 34.1 Å². The Morgan fingerprint density at radius 2 is 0.636 bits per heavy atom. The van der Waals surface area contributed by atoms with Crippen molar-refractivity contribution in [3.63, 3.8) is 0 Å². The standard InChI is InChI=1S/C37H50OS2.C15H23Br.C7H6OS2/c1-34(2,3)28-13-26(14-29(19-28)35(4,5)6)23-39-32-17-25(22-38)18-33(21-32)40-24-27-15-30(36(7,8)9)20-31(16-27)37(10,11)12;1-14(2,3)12-7-11(10-16)8-13(9-12)15(4,5)6;8-4-5-1-6(9)3-7(10)2-5/h13-22H,23-24H2,1-12H3;7-9H,10H2,1-6H3;1-4,9-10H. The first-order valence-corrected chi connectivity index (χ1v) is 27.0. The number of carbonyl (C=O) groups is 2. The molecule has 0 atom stereocenters. The van der Waals surface area contributed by atoms with E-state index in [4.69, 9.17) is 0 Å². The number of hydrogen-bond acceptors (Lipinski definition) is 6. The lowest BCUT2D eigenvalue weighted by atomic mass is 9.80. The van der Waals surface area contributed by atoms with Gasteiger partial charge in [-0.3, -0.25) is 9.59 Å². The number of aldehydes is 2. The van der Waals surface area contributed by atoms with E-state index < -0.39 is 0 Å². The van der Waals surface area contributed by atoms with Gasteiger partial charge in [-0.2, -0.15) is 0 Å². The molecule has 0 spiro atoms. The fourth-order valence-corrected chi connectivity index (χ4v) is 9.70. The van der Waals surface area contributed by atoms with Crippen LogP contribution in [0.2, 0.25) is 0 Å². The Morgan fingerprint density at radius 3 is 0.879 bits per heavy atom. The third-order valence-corrected chi connectivity index (χ3v) is 14.5. The maximum Gasteiger partial charge on any atom is 0.150 e. The van der Waals surface area contributed by atoms with Gasteiger partial charge in [-0.1, -0.05) is 195 Å². The quantitative estimate of drug-likeness (QED) is 0.0667. The van der Waals surface area contributed by atoms with Crippen molar-refractivity contribution in [3.05, 3.63) is 152 Å². The van der Waals surface area contributed by atoms with Crippen LogP contribution in [0, 0.1) is 0 Å². The molecule has 0 bridgehead atoms. The van der Waals surface area contributed by atoms with Gasteiger partial charge in [0.25, 0.3) is 0 Å². The average molecular weight is 1030 g/mol. The molecule has 0 N–H and O–H groups in total. The van der Waals surface area contributed by atoms with E-state index in [9.17, 15) is 9.59 Å². The highest BCUT2D eigenvalue weighted by Gasteiger charge is 2.23. The molecule has 0 fully saturated rings. The highest BCUT2D eigenvalue weighted by molar-refractivity contribution is 9.08. The summed E-state index contributed by atoms with van der Waals surface area (Å²) in [6.45, 7) is 41.0. The van der Waals surface area contributed by atoms with Crippen LogP contribution in [-0.2, 0) is 49.3 Å². The lowest BCUT2D eigenvalue weighted by Crippen LogP contribution is -2.17. The fourth-order valence-electron chi connectivity index (χ4n) is 6.77. The van der Waals surface area contributed by atoms with E-state index in [-0.39, 0.29) is 32.5 Å². The van der Waals surface area contributed by atoms with Crippen molar-refractivity contribution >= 4 is 77.3 Å². The normalized spacial score (nSPS) is 12.4. The number of alkyl halides is 1. The zero-order valence-corrected chi connectivity index (χ0v) is 48.3. The summed E-state index contributed by atoms with van der Waals surface area (Å²) in [7, 11) is 0. The maximum atomic E-state index is 11.9. The fraction of sp³-hybridized carbons (Fsp3) is 0.458. The van der Waals surface area contributed by atoms with Crippen LogP contribution >= 0.6 is 64.7 Å². The molecule has 0 heterocycles. The average Bonchev–Trinajstić information content (AvgIpc) is 3.20. The number of benzene rings is 5. The summed E-state index contributed by atoms with van der Waals surface area (Å²) in [5, 5.41) is 0.931. The van der Waals surface area contributed by atoms with Crippen molar-refractivity contribution in [1.29, 1.82) is 0 Å². The minimum Gasteiger partial charge on any atom is -0.298 e. The van der Waals surface area contributed by atoms with Gasteiger partial charge in [0.2, 0.25) is 0 Å². The second-order valence-corrected chi connectivity index (χ2v) is 27.4. The Balaban J connectivity index is 0.000000359. The van der Waals surface area contributed by atoms with Gasteiger partial charge in [0.15, 0.2) is 0 Å². The first-order chi connectivity index (χ1) is 30.1. The molecule has 5 rings (SSSR count). The zero-order valence-electron chi connectivity index (χ0n) is 43.3. The number of carbonyl (C=O) groups excluding carboxylic acids is 2. The molecule has 0 unspecified atom stereocenters. The molecule has 358 valence electrons. The van der Waals surface area contributed by atoms with Crippen molar-refractivity contribution in [2.75, 3.05) is 0 Å². The lowest BCUT2D eigenvalue weighted by molar-refractivity contribution is 0.111. The Bertz CT molecular complexity index is 2210. The third kappa shape index (κ3) is 18.7. The summed E-state index contributed by atoms with van der Waals surface area (Å²) in [4.78, 5) is 25.9. The molecule has 0 amide bonds. The van der Waals surface area contributed by atoms with Crippen LogP contribution in [-0.4, -0.2) is 12.6 Å². The van der Waals surface area contributed by atoms with Crippen LogP contribution in [0.25, 0.3) is 0 Å². The van der Waals surface area contributed by atoms with Gasteiger partial charge in [0, 0.05) is 47.5 Å². The van der Waals surface area contributed by atoms with Gasteiger partial charge in [-0.25, -0.2) is 0 Å². The Hall–Kier alpha value is -2.68. The van der Waals surface area contributed by atoms with Crippen LogP contribution in [0.4, 0.5) is 0 Å². The molecule has 5 aromatic rings. The first-order valence-electron chi connectivity index (χ1n) is 23.0. The van der Waals surface area contributed by atoms with E-state index >= 15 is 0 Å². The van der Waals surface area contributed by atoms with Crippen molar-refractivity contribution in [1.82, 2.24) is 0 Å². The summed E-state index contributed by atoms with van der Waals surface area (Å²) >= 11 is 15.3.